The molecule has 0 fully saturated rings. The molecule has 0 unspecified atom stereocenters. The zero-order chi connectivity index (χ0) is 15.0. The van der Waals surface area contributed by atoms with E-state index in [2.05, 4.69) is 20.9 Å². The predicted octanol–water partition coefficient (Wildman–Crippen LogP) is 4.07. The monoisotopic (exact) mass is 344 g/mol. The molecule has 2 aromatic carbocycles. The number of H-pyrrole nitrogens is 1. The Morgan fingerprint density at radius 2 is 1.86 bits per heavy atom. The van der Waals surface area contributed by atoms with Crippen molar-refractivity contribution in [1.82, 2.24) is 4.98 Å². The molecule has 0 amide bonds. The lowest BCUT2D eigenvalue weighted by Gasteiger charge is -2.00. The smallest absolute Gasteiger partial charge is 0.269 e. The fourth-order valence-electron chi connectivity index (χ4n) is 2.17. The third-order valence-electron chi connectivity index (χ3n) is 3.23. The summed E-state index contributed by atoms with van der Waals surface area (Å²) in [4.78, 5) is 25.7. The van der Waals surface area contributed by atoms with Crippen molar-refractivity contribution >= 4 is 38.3 Å². The number of nitro groups is 1. The van der Waals surface area contributed by atoms with Crippen molar-refractivity contribution in [1.29, 1.82) is 0 Å². The van der Waals surface area contributed by atoms with Gasteiger partial charge in [0.25, 0.3) is 5.69 Å². The number of aromatic amines is 1. The van der Waals surface area contributed by atoms with Crippen LogP contribution in [-0.2, 0) is 0 Å². The first-order chi connectivity index (χ1) is 10.1. The highest BCUT2D eigenvalue weighted by Gasteiger charge is 2.15. The van der Waals surface area contributed by atoms with Crippen LogP contribution >= 0.6 is 15.9 Å². The topological polar surface area (TPSA) is 76.0 Å². The number of carbonyl (C=O) groups is 1. The lowest BCUT2D eigenvalue weighted by molar-refractivity contribution is -0.384. The molecule has 6 heteroatoms. The van der Waals surface area contributed by atoms with Gasteiger partial charge in [-0.15, -0.1) is 0 Å². The van der Waals surface area contributed by atoms with Crippen LogP contribution in [0.1, 0.15) is 15.9 Å². The molecule has 104 valence electrons. The Morgan fingerprint density at radius 3 is 2.52 bits per heavy atom. The molecule has 0 aliphatic carbocycles. The van der Waals surface area contributed by atoms with E-state index in [-0.39, 0.29) is 11.5 Å². The number of carbonyl (C=O) groups excluding carboxylic acids is 1. The summed E-state index contributed by atoms with van der Waals surface area (Å²) >= 11 is 3.38. The van der Waals surface area contributed by atoms with Crippen molar-refractivity contribution in [2.24, 2.45) is 0 Å². The maximum Gasteiger partial charge on any atom is 0.269 e. The minimum Gasteiger partial charge on any atom is -0.360 e. The van der Waals surface area contributed by atoms with E-state index in [1.165, 1.54) is 24.3 Å². The first-order valence-corrected chi connectivity index (χ1v) is 6.91. The van der Waals surface area contributed by atoms with Crippen molar-refractivity contribution in [2.75, 3.05) is 0 Å². The molecule has 5 nitrogen and oxygen atoms in total. The second kappa shape index (κ2) is 5.14. The Bertz CT molecular complexity index is 853. The van der Waals surface area contributed by atoms with Gasteiger partial charge in [-0.05, 0) is 30.3 Å². The molecule has 0 radical (unpaired) electrons. The predicted molar refractivity (Wildman–Crippen MR) is 82.5 cm³/mol. The van der Waals surface area contributed by atoms with Crippen molar-refractivity contribution in [3.05, 3.63) is 74.4 Å². The number of benzene rings is 2. The van der Waals surface area contributed by atoms with Crippen LogP contribution in [0.3, 0.4) is 0 Å². The van der Waals surface area contributed by atoms with E-state index in [0.29, 0.717) is 11.1 Å². The minimum absolute atomic E-state index is 0.0341. The van der Waals surface area contributed by atoms with E-state index < -0.39 is 4.92 Å². The number of hydrogen-bond acceptors (Lipinski definition) is 3. The minimum atomic E-state index is -0.489. The van der Waals surface area contributed by atoms with Crippen molar-refractivity contribution in [3.8, 4) is 0 Å². The molecule has 1 N–H and O–H groups in total. The highest BCUT2D eigenvalue weighted by Crippen LogP contribution is 2.25. The molecule has 0 atom stereocenters. The Hall–Kier alpha value is -2.47. The van der Waals surface area contributed by atoms with Crippen LogP contribution < -0.4 is 0 Å². The number of aromatic nitrogens is 1. The summed E-state index contributed by atoms with van der Waals surface area (Å²) < 4.78 is 0.882. The van der Waals surface area contributed by atoms with E-state index in [1.54, 1.807) is 6.20 Å². The summed E-state index contributed by atoms with van der Waals surface area (Å²) in [5.41, 5.74) is 1.79. The summed E-state index contributed by atoms with van der Waals surface area (Å²) in [5.74, 6) is -0.172. The van der Waals surface area contributed by atoms with E-state index >= 15 is 0 Å². The van der Waals surface area contributed by atoms with Gasteiger partial charge in [0.1, 0.15) is 0 Å². The van der Waals surface area contributed by atoms with Gasteiger partial charge >= 0.3 is 0 Å². The number of nitro benzene ring substituents is 1. The number of fused-ring (bicyclic) bond motifs is 1. The third-order valence-corrected chi connectivity index (χ3v) is 3.72. The van der Waals surface area contributed by atoms with E-state index in [1.807, 2.05) is 18.2 Å². The summed E-state index contributed by atoms with van der Waals surface area (Å²) in [6.07, 6.45) is 1.65. The summed E-state index contributed by atoms with van der Waals surface area (Å²) in [5, 5.41) is 11.4. The molecule has 0 aliphatic rings. The summed E-state index contributed by atoms with van der Waals surface area (Å²) in [6, 6.07) is 11.2. The van der Waals surface area contributed by atoms with Gasteiger partial charge in [-0.1, -0.05) is 15.9 Å². The number of ketones is 1. The van der Waals surface area contributed by atoms with Crippen LogP contribution in [0.5, 0.6) is 0 Å². The van der Waals surface area contributed by atoms with E-state index in [9.17, 15) is 14.9 Å². The maximum absolute atomic E-state index is 12.5. The zero-order valence-corrected chi connectivity index (χ0v) is 12.3. The van der Waals surface area contributed by atoms with E-state index in [4.69, 9.17) is 0 Å². The highest BCUT2D eigenvalue weighted by molar-refractivity contribution is 9.10. The standard InChI is InChI=1S/C15H9BrN2O3/c16-10-3-6-14-12(7-10)13(8-17-14)15(19)9-1-4-11(5-2-9)18(20)21/h1-8,17H. The van der Waals surface area contributed by atoms with E-state index in [0.717, 1.165) is 15.4 Å². The Labute approximate surface area is 127 Å². The average Bonchev–Trinajstić information content (AvgIpc) is 2.89. The zero-order valence-electron chi connectivity index (χ0n) is 10.7. The fraction of sp³-hybridized carbons (Fsp3) is 0. The number of halogens is 1. The van der Waals surface area contributed by atoms with Crippen LogP contribution in [0.25, 0.3) is 10.9 Å². The second-order valence-electron chi connectivity index (χ2n) is 4.53. The molecule has 1 aromatic heterocycles. The lowest BCUT2D eigenvalue weighted by atomic mass is 10.0. The normalized spacial score (nSPS) is 10.7. The van der Waals surface area contributed by atoms with Crippen LogP contribution in [0.4, 0.5) is 5.69 Å². The van der Waals surface area contributed by atoms with Gasteiger partial charge in [0.15, 0.2) is 5.78 Å². The molecule has 3 rings (SSSR count). The van der Waals surface area contributed by atoms with Crippen molar-refractivity contribution in [3.63, 3.8) is 0 Å². The Balaban J connectivity index is 2.04. The third kappa shape index (κ3) is 2.45. The van der Waals surface area contributed by atoms with Crippen molar-refractivity contribution in [2.45, 2.75) is 0 Å². The van der Waals surface area contributed by atoms with Crippen LogP contribution in [0, 0.1) is 10.1 Å². The van der Waals surface area contributed by atoms with Crippen molar-refractivity contribution < 1.29 is 9.72 Å². The molecule has 0 bridgehead atoms. The summed E-state index contributed by atoms with van der Waals surface area (Å²) in [7, 11) is 0. The van der Waals surface area contributed by atoms with Crippen LogP contribution in [0.15, 0.2) is 53.1 Å². The summed E-state index contributed by atoms with van der Waals surface area (Å²) in [6.45, 7) is 0. The van der Waals surface area contributed by atoms with Gasteiger partial charge in [-0.2, -0.15) is 0 Å². The average molecular weight is 345 g/mol. The Kier molecular flexibility index (Phi) is 3.31. The molecule has 0 saturated carbocycles. The molecule has 0 spiro atoms. The lowest BCUT2D eigenvalue weighted by Crippen LogP contribution is -2.00. The molecular weight excluding hydrogens is 336 g/mol. The molecular formula is C15H9BrN2O3. The number of hydrogen-bond donors (Lipinski definition) is 1. The second-order valence-corrected chi connectivity index (χ2v) is 5.44. The number of non-ortho nitro benzene ring substituents is 1. The highest BCUT2D eigenvalue weighted by atomic mass is 79.9. The Morgan fingerprint density at radius 1 is 1.14 bits per heavy atom. The quantitative estimate of drug-likeness (QED) is 0.442. The molecule has 1 heterocycles. The number of rotatable bonds is 3. The number of nitrogens with zero attached hydrogens (tertiary/aromatic N) is 1. The first kappa shape index (κ1) is 13.5. The number of nitrogens with one attached hydrogen (secondary N) is 1. The van der Waals surface area contributed by atoms with Gasteiger partial charge in [0.05, 0.1) is 4.92 Å². The van der Waals surface area contributed by atoms with Gasteiger partial charge in [-0.3, -0.25) is 14.9 Å². The molecule has 0 aliphatic heterocycles. The van der Waals surface area contributed by atoms with Crippen LogP contribution in [0.2, 0.25) is 0 Å². The molecule has 21 heavy (non-hydrogen) atoms. The fourth-order valence-corrected chi connectivity index (χ4v) is 2.53. The van der Waals surface area contributed by atoms with Gasteiger partial charge in [0, 0.05) is 44.8 Å². The SMILES string of the molecule is O=C(c1ccc([N+](=O)[O-])cc1)c1c[nH]c2ccc(Br)cc12. The molecule has 0 saturated heterocycles. The largest absolute Gasteiger partial charge is 0.360 e. The maximum atomic E-state index is 12.5. The van der Waals surface area contributed by atoms with Gasteiger partial charge < -0.3 is 4.98 Å². The van der Waals surface area contributed by atoms with Gasteiger partial charge in [0.2, 0.25) is 0 Å². The van der Waals surface area contributed by atoms with Crippen LogP contribution in [-0.4, -0.2) is 15.7 Å². The van der Waals surface area contributed by atoms with Gasteiger partial charge in [-0.25, -0.2) is 0 Å². The molecule has 3 aromatic rings. The first-order valence-electron chi connectivity index (χ1n) is 6.12.